The molecule has 0 radical (unpaired) electrons. The minimum atomic E-state index is 0.709. The Labute approximate surface area is 89.8 Å². The lowest BCUT2D eigenvalue weighted by Gasteiger charge is -2.17. The fourth-order valence-corrected chi connectivity index (χ4v) is 2.02. The molecule has 0 bridgehead atoms. The molecular formula is C9H18N4S. The van der Waals surface area contributed by atoms with Crippen LogP contribution in [0, 0.1) is 0 Å². The number of amidine groups is 1. The van der Waals surface area contributed by atoms with Gasteiger partial charge >= 0.3 is 0 Å². The van der Waals surface area contributed by atoms with Crippen LogP contribution in [0.2, 0.25) is 0 Å². The zero-order valence-corrected chi connectivity index (χ0v) is 9.68. The maximum absolute atomic E-state index is 4.28. The van der Waals surface area contributed by atoms with E-state index in [0.29, 0.717) is 6.54 Å². The summed E-state index contributed by atoms with van der Waals surface area (Å²) in [6.45, 7) is 8.44. The van der Waals surface area contributed by atoms with E-state index in [2.05, 4.69) is 34.3 Å². The van der Waals surface area contributed by atoms with Crippen molar-refractivity contribution in [3.63, 3.8) is 0 Å². The van der Waals surface area contributed by atoms with Gasteiger partial charge in [-0.1, -0.05) is 25.6 Å². The van der Waals surface area contributed by atoms with Crippen LogP contribution in [0.5, 0.6) is 0 Å². The molecule has 1 aliphatic heterocycles. The van der Waals surface area contributed by atoms with Gasteiger partial charge in [-0.15, -0.1) is 0 Å². The quantitative estimate of drug-likeness (QED) is 0.742. The molecule has 4 nitrogen and oxygen atoms in total. The molecule has 0 aromatic heterocycles. The Morgan fingerprint density at radius 2 is 2.29 bits per heavy atom. The molecule has 0 aliphatic carbocycles. The summed E-state index contributed by atoms with van der Waals surface area (Å²) in [4.78, 5) is 6.68. The topological polar surface area (TPSA) is 40.0 Å². The van der Waals surface area contributed by atoms with E-state index in [1.54, 1.807) is 18.0 Å². The average molecular weight is 214 g/mol. The van der Waals surface area contributed by atoms with E-state index in [4.69, 9.17) is 0 Å². The van der Waals surface area contributed by atoms with Crippen molar-refractivity contribution in [1.82, 2.24) is 10.3 Å². The minimum absolute atomic E-state index is 0.709. The summed E-state index contributed by atoms with van der Waals surface area (Å²) < 4.78 is 0. The molecule has 1 aliphatic rings. The van der Waals surface area contributed by atoms with Gasteiger partial charge in [-0.05, 0) is 13.1 Å². The molecule has 5 heteroatoms. The monoisotopic (exact) mass is 214 g/mol. The van der Waals surface area contributed by atoms with Gasteiger partial charge in [0.1, 0.15) is 0 Å². The summed E-state index contributed by atoms with van der Waals surface area (Å²) >= 11 is 1.74. The van der Waals surface area contributed by atoms with Gasteiger partial charge in [0.05, 0.1) is 6.54 Å². The molecule has 0 aromatic carbocycles. The lowest BCUT2D eigenvalue weighted by molar-refractivity contribution is 0.324. The van der Waals surface area contributed by atoms with Crippen molar-refractivity contribution >= 4 is 23.1 Å². The number of nitrogens with one attached hydrogen (secondary N) is 1. The lowest BCUT2D eigenvalue weighted by Crippen LogP contribution is -2.27. The van der Waals surface area contributed by atoms with E-state index >= 15 is 0 Å². The summed E-state index contributed by atoms with van der Waals surface area (Å²) in [6.07, 6.45) is 1.77. The minimum Gasteiger partial charge on any atom is -0.303 e. The van der Waals surface area contributed by atoms with Crippen molar-refractivity contribution < 1.29 is 0 Å². The third kappa shape index (κ3) is 4.11. The highest BCUT2D eigenvalue weighted by Crippen LogP contribution is 2.04. The van der Waals surface area contributed by atoms with E-state index in [1.807, 2.05) is 0 Å². The molecule has 0 saturated carbocycles. The number of hydrazone groups is 1. The van der Waals surface area contributed by atoms with Gasteiger partial charge in [-0.2, -0.15) is 5.10 Å². The Morgan fingerprint density at radius 3 is 2.86 bits per heavy atom. The second-order valence-corrected chi connectivity index (χ2v) is 4.03. The Hall–Kier alpha value is -0.550. The van der Waals surface area contributed by atoms with Gasteiger partial charge in [-0.3, -0.25) is 10.4 Å². The second kappa shape index (κ2) is 6.84. The lowest BCUT2D eigenvalue weighted by atomic mass is 10.5. The van der Waals surface area contributed by atoms with Crippen LogP contribution in [0.25, 0.3) is 0 Å². The molecule has 0 aromatic rings. The van der Waals surface area contributed by atoms with Crippen LogP contribution in [0.4, 0.5) is 0 Å². The number of hydrogen-bond acceptors (Lipinski definition) is 5. The van der Waals surface area contributed by atoms with Crippen molar-refractivity contribution in [2.24, 2.45) is 10.1 Å². The molecule has 0 fully saturated rings. The Kier molecular flexibility index (Phi) is 5.63. The van der Waals surface area contributed by atoms with E-state index in [-0.39, 0.29) is 0 Å². The maximum atomic E-state index is 4.28. The molecule has 0 atom stereocenters. The Balaban J connectivity index is 2.11. The third-order valence-corrected chi connectivity index (χ3v) is 2.99. The van der Waals surface area contributed by atoms with Crippen LogP contribution in [0.15, 0.2) is 10.1 Å². The first-order valence-electron chi connectivity index (χ1n) is 5.04. The third-order valence-electron chi connectivity index (χ3n) is 2.11. The maximum Gasteiger partial charge on any atom is 0.177 e. The second-order valence-electron chi connectivity index (χ2n) is 2.94. The number of aliphatic imine (C=N–C) groups is 1. The fourth-order valence-electron chi connectivity index (χ4n) is 1.19. The van der Waals surface area contributed by atoms with Crippen LogP contribution in [0.1, 0.15) is 13.8 Å². The summed E-state index contributed by atoms with van der Waals surface area (Å²) in [5, 5.41) is 4.90. The van der Waals surface area contributed by atoms with Crippen molar-refractivity contribution in [3.8, 4) is 0 Å². The standard InChI is InChI=1S/C9H18N4S/c1-3-13(4-2)7-8-14-9-10-5-6-11-12-9/h6H,3-5,7-8H2,1-2H3,(H,10,12). The van der Waals surface area contributed by atoms with Crippen LogP contribution in [-0.2, 0) is 0 Å². The highest BCUT2D eigenvalue weighted by atomic mass is 32.2. The largest absolute Gasteiger partial charge is 0.303 e. The van der Waals surface area contributed by atoms with Gasteiger partial charge in [0.25, 0.3) is 0 Å². The van der Waals surface area contributed by atoms with Crippen molar-refractivity contribution in [2.45, 2.75) is 13.8 Å². The summed E-state index contributed by atoms with van der Waals surface area (Å²) in [5.41, 5.74) is 2.89. The highest BCUT2D eigenvalue weighted by molar-refractivity contribution is 8.13. The highest BCUT2D eigenvalue weighted by Gasteiger charge is 2.03. The van der Waals surface area contributed by atoms with Gasteiger partial charge in [-0.25, -0.2) is 0 Å². The average Bonchev–Trinajstić information content (AvgIpc) is 2.26. The summed E-state index contributed by atoms with van der Waals surface area (Å²) in [5.74, 6) is 1.07. The smallest absolute Gasteiger partial charge is 0.177 e. The van der Waals surface area contributed by atoms with E-state index in [9.17, 15) is 0 Å². The molecule has 0 amide bonds. The molecular weight excluding hydrogens is 196 g/mol. The molecule has 1 heterocycles. The van der Waals surface area contributed by atoms with E-state index < -0.39 is 0 Å². The van der Waals surface area contributed by atoms with Crippen molar-refractivity contribution in [3.05, 3.63) is 0 Å². The molecule has 1 N–H and O–H groups in total. The summed E-state index contributed by atoms with van der Waals surface area (Å²) in [6, 6.07) is 0. The predicted octanol–water partition coefficient (Wildman–Crippen LogP) is 1.01. The first-order valence-corrected chi connectivity index (χ1v) is 6.02. The summed E-state index contributed by atoms with van der Waals surface area (Å²) in [7, 11) is 0. The zero-order chi connectivity index (χ0) is 10.2. The molecule has 14 heavy (non-hydrogen) atoms. The van der Waals surface area contributed by atoms with Crippen LogP contribution in [-0.4, -0.2) is 48.2 Å². The predicted molar refractivity (Wildman–Crippen MR) is 64.2 cm³/mol. The molecule has 0 spiro atoms. The fraction of sp³-hybridized carbons (Fsp3) is 0.778. The van der Waals surface area contributed by atoms with Crippen LogP contribution >= 0.6 is 11.8 Å². The van der Waals surface area contributed by atoms with Crippen LogP contribution in [0.3, 0.4) is 0 Å². The van der Waals surface area contributed by atoms with Crippen LogP contribution < -0.4 is 5.43 Å². The van der Waals surface area contributed by atoms with E-state index in [1.165, 1.54) is 0 Å². The molecule has 1 rings (SSSR count). The Bertz CT molecular complexity index is 211. The Morgan fingerprint density at radius 1 is 1.50 bits per heavy atom. The van der Waals surface area contributed by atoms with Gasteiger partial charge in [0.2, 0.25) is 0 Å². The van der Waals surface area contributed by atoms with Crippen molar-refractivity contribution in [2.75, 3.05) is 31.9 Å². The normalized spacial score (nSPS) is 15.5. The number of nitrogens with zero attached hydrogens (tertiary/aromatic N) is 3. The van der Waals surface area contributed by atoms with Gasteiger partial charge < -0.3 is 4.90 Å². The SMILES string of the molecule is CCN(CC)CCSC1=NCC=NN1. The molecule has 80 valence electrons. The first-order chi connectivity index (χ1) is 6.86. The van der Waals surface area contributed by atoms with E-state index in [0.717, 1.165) is 30.6 Å². The van der Waals surface area contributed by atoms with Crippen molar-refractivity contribution in [1.29, 1.82) is 0 Å². The molecule has 0 saturated heterocycles. The van der Waals surface area contributed by atoms with Gasteiger partial charge in [0, 0.05) is 18.5 Å². The number of thioether (sulfide) groups is 1. The molecule has 0 unspecified atom stereocenters. The first kappa shape index (κ1) is 11.5. The zero-order valence-electron chi connectivity index (χ0n) is 8.86. The number of hydrogen-bond donors (Lipinski definition) is 1. The van der Waals surface area contributed by atoms with Gasteiger partial charge in [0.15, 0.2) is 5.17 Å². The number of rotatable bonds is 5.